The molecule has 0 saturated heterocycles. The fourth-order valence-electron chi connectivity index (χ4n) is 3.12. The number of benzene rings is 3. The first-order valence-electron chi connectivity index (χ1n) is 9.63. The van der Waals surface area contributed by atoms with Crippen LogP contribution in [-0.2, 0) is 27.5 Å². The predicted octanol–water partition coefficient (Wildman–Crippen LogP) is 4.28. The van der Waals surface area contributed by atoms with Crippen LogP contribution in [0.25, 0.3) is 0 Å². The van der Waals surface area contributed by atoms with Crippen molar-refractivity contribution in [2.75, 3.05) is 7.11 Å². The van der Waals surface area contributed by atoms with Gasteiger partial charge in [-0.15, -0.1) is 0 Å². The van der Waals surface area contributed by atoms with Crippen LogP contribution in [0.1, 0.15) is 21.5 Å². The third-order valence-corrected chi connectivity index (χ3v) is 6.72. The summed E-state index contributed by atoms with van der Waals surface area (Å²) in [5.41, 5.74) is -0.373. The monoisotopic (exact) mass is 494 g/mol. The Hall–Kier alpha value is -3.70. The largest absolute Gasteiger partial charge is 0.497 e. The number of hydrogen-bond acceptors (Lipinski definition) is 4. The lowest BCUT2D eigenvalue weighted by molar-refractivity contribution is -0.354. The van der Waals surface area contributed by atoms with Crippen molar-refractivity contribution in [3.05, 3.63) is 88.7 Å². The van der Waals surface area contributed by atoms with Gasteiger partial charge in [0.05, 0.1) is 12.7 Å². The van der Waals surface area contributed by atoms with E-state index >= 15 is 0 Å². The minimum atomic E-state index is -4.84. The molecule has 34 heavy (non-hydrogen) atoms. The van der Waals surface area contributed by atoms with Crippen molar-refractivity contribution in [2.24, 2.45) is 0 Å². The Kier molecular flexibility index (Phi) is 7.38. The highest BCUT2D eigenvalue weighted by atomic mass is 32.2. The van der Waals surface area contributed by atoms with E-state index in [9.17, 15) is 26.4 Å². The van der Waals surface area contributed by atoms with E-state index in [1.54, 1.807) is 36.4 Å². The summed E-state index contributed by atoms with van der Waals surface area (Å²) in [7, 11) is -3.39. The maximum Gasteiger partial charge on any atom is 0.351 e. The van der Waals surface area contributed by atoms with Gasteiger partial charge in [-0.3, -0.25) is 0 Å². The molecule has 0 aliphatic heterocycles. The maximum atomic E-state index is 14.6. The fraction of sp³-hybridized carbons (Fsp3) is 0.130. The number of aromatic carboxylic acids is 1. The molecule has 1 N–H and O–H groups in total. The van der Waals surface area contributed by atoms with Crippen molar-refractivity contribution in [3.8, 4) is 11.5 Å². The Morgan fingerprint density at radius 3 is 1.97 bits per heavy atom. The smallest absolute Gasteiger partial charge is 0.351 e. The lowest BCUT2D eigenvalue weighted by Crippen LogP contribution is -2.31. The summed E-state index contributed by atoms with van der Waals surface area (Å²) in [5.74, 6) is -7.22. The number of carboxylic acids is 1. The highest BCUT2D eigenvalue weighted by Gasteiger charge is 2.33. The molecular formula is C23H19F3NO6S+. The summed E-state index contributed by atoms with van der Waals surface area (Å²) >= 11 is 0. The number of methoxy groups -OCH3 is 1. The maximum absolute atomic E-state index is 14.6. The van der Waals surface area contributed by atoms with Gasteiger partial charge >= 0.3 is 11.7 Å². The van der Waals surface area contributed by atoms with Crippen LogP contribution in [0.3, 0.4) is 0 Å². The van der Waals surface area contributed by atoms with Gasteiger partial charge in [-0.05, 0) is 41.5 Å². The number of sulfonamides is 1. The molecule has 0 radical (unpaired) electrons. The molecule has 0 saturated carbocycles. The number of hydrogen-bond donors (Lipinski definition) is 1. The third kappa shape index (κ3) is 5.10. The number of carboxylic acid groups (broad SMARTS) is 1. The molecule has 11 heteroatoms. The van der Waals surface area contributed by atoms with Gasteiger partial charge in [-0.2, -0.15) is 4.31 Å². The molecule has 0 fully saturated rings. The molecule has 7 nitrogen and oxygen atoms in total. The summed E-state index contributed by atoms with van der Waals surface area (Å²) < 4.78 is 80.1. The zero-order valence-electron chi connectivity index (χ0n) is 17.8. The van der Waals surface area contributed by atoms with Gasteiger partial charge in [0.1, 0.15) is 10.6 Å². The molecule has 0 bridgehead atoms. The van der Waals surface area contributed by atoms with Crippen molar-refractivity contribution in [2.45, 2.75) is 18.0 Å². The summed E-state index contributed by atoms with van der Waals surface area (Å²) in [6.45, 7) is 2.68. The molecule has 3 aromatic rings. The molecule has 0 spiro atoms. The molecule has 0 atom stereocenters. The number of nitrogens with zero attached hydrogens (tertiary/aromatic N) is 1. The van der Waals surface area contributed by atoms with Gasteiger partial charge in [0.15, 0.2) is 17.5 Å². The van der Waals surface area contributed by atoms with Crippen LogP contribution in [0.15, 0.2) is 59.5 Å². The van der Waals surface area contributed by atoms with Gasteiger partial charge in [-0.1, -0.05) is 12.1 Å². The summed E-state index contributed by atoms with van der Waals surface area (Å²) in [6, 6.07) is 12.7. The van der Waals surface area contributed by atoms with E-state index in [1.165, 1.54) is 19.2 Å². The van der Waals surface area contributed by atoms with Gasteiger partial charge in [-0.25, -0.2) is 30.8 Å². The van der Waals surface area contributed by atoms with E-state index in [4.69, 9.17) is 14.3 Å². The second-order valence-corrected chi connectivity index (χ2v) is 8.99. The minimum absolute atomic E-state index is 0.270. The molecule has 178 valence electrons. The summed E-state index contributed by atoms with van der Waals surface area (Å²) in [5, 5.41) is 9.11. The summed E-state index contributed by atoms with van der Waals surface area (Å²) in [4.78, 5) is 9.97. The van der Waals surface area contributed by atoms with Crippen molar-refractivity contribution < 1.29 is 40.7 Å². The Morgan fingerprint density at radius 2 is 1.50 bits per heavy atom. The zero-order valence-corrected chi connectivity index (χ0v) is 18.6. The molecule has 3 aromatic carbocycles. The van der Waals surface area contributed by atoms with Crippen LogP contribution in [0.4, 0.5) is 13.2 Å². The molecule has 0 amide bonds. The SMILES string of the molecule is C=[O+]c1ccc(CN(Cc2ccc(OC)cc2)S(=O)(=O)c2cc(C(=O)O)c(F)c(F)c2F)cc1. The van der Waals surface area contributed by atoms with E-state index in [-0.39, 0.29) is 19.2 Å². The van der Waals surface area contributed by atoms with Crippen LogP contribution in [0.5, 0.6) is 11.5 Å². The summed E-state index contributed by atoms with van der Waals surface area (Å²) in [6.07, 6.45) is 0. The van der Waals surface area contributed by atoms with Crippen LogP contribution in [-0.4, -0.2) is 37.7 Å². The lowest BCUT2D eigenvalue weighted by atomic mass is 10.2. The van der Waals surface area contributed by atoms with E-state index in [0.717, 1.165) is 4.31 Å². The third-order valence-electron chi connectivity index (χ3n) is 4.93. The number of halogens is 3. The van der Waals surface area contributed by atoms with Crippen molar-refractivity contribution in [1.29, 1.82) is 0 Å². The van der Waals surface area contributed by atoms with Crippen molar-refractivity contribution >= 4 is 22.8 Å². The molecule has 0 aromatic heterocycles. The average Bonchev–Trinajstić information content (AvgIpc) is 2.82. The highest BCUT2D eigenvalue weighted by molar-refractivity contribution is 7.89. The number of carbonyl (C=O) groups is 1. The van der Waals surface area contributed by atoms with Gasteiger partial charge in [0, 0.05) is 25.2 Å². The first-order valence-corrected chi connectivity index (χ1v) is 11.1. The van der Waals surface area contributed by atoms with Crippen molar-refractivity contribution in [3.63, 3.8) is 0 Å². The van der Waals surface area contributed by atoms with E-state index in [2.05, 4.69) is 6.79 Å². The Labute approximate surface area is 193 Å². The number of ether oxygens (including phenoxy) is 1. The highest BCUT2D eigenvalue weighted by Crippen LogP contribution is 2.29. The molecule has 3 rings (SSSR count). The van der Waals surface area contributed by atoms with E-state index < -0.39 is 43.9 Å². The molecule has 0 aliphatic carbocycles. The first-order chi connectivity index (χ1) is 16.1. The Morgan fingerprint density at radius 1 is 0.971 bits per heavy atom. The predicted molar refractivity (Wildman–Crippen MR) is 116 cm³/mol. The van der Waals surface area contributed by atoms with Crippen molar-refractivity contribution in [1.82, 2.24) is 4.31 Å². The van der Waals surface area contributed by atoms with Gasteiger partial charge in [0.25, 0.3) is 6.79 Å². The van der Waals surface area contributed by atoms with E-state index in [1.807, 2.05) is 0 Å². The molecule has 0 aliphatic rings. The first kappa shape index (κ1) is 24.9. The fourth-order valence-corrected chi connectivity index (χ4v) is 4.62. The van der Waals surface area contributed by atoms with Crippen LogP contribution in [0, 0.1) is 17.5 Å². The van der Waals surface area contributed by atoms with Gasteiger partial charge < -0.3 is 9.84 Å². The lowest BCUT2D eigenvalue weighted by Gasteiger charge is -2.23. The molecule has 0 unspecified atom stereocenters. The number of rotatable bonds is 9. The minimum Gasteiger partial charge on any atom is -0.497 e. The average molecular weight is 494 g/mol. The normalized spacial score (nSPS) is 11.4. The second kappa shape index (κ2) is 10.1. The standard InChI is InChI=1S/C23H18F3NO6S/c1-32-16-7-3-14(4-8-16)12-27(13-15-5-9-17(33-2)10-6-15)34(30,31)19-11-18(23(28)29)20(24)22(26)21(19)25/h3-11H,1,12-13H2,2H3/p+1. The molecular weight excluding hydrogens is 475 g/mol. The van der Waals surface area contributed by atoms with Crippen LogP contribution in [0.2, 0.25) is 0 Å². The zero-order chi connectivity index (χ0) is 25.0. The Bertz CT molecular complexity index is 1330. The second-order valence-electron chi connectivity index (χ2n) is 7.08. The van der Waals surface area contributed by atoms with Gasteiger partial charge in [0.2, 0.25) is 10.0 Å². The van der Waals surface area contributed by atoms with Crippen LogP contribution < -0.4 is 4.74 Å². The van der Waals surface area contributed by atoms with E-state index in [0.29, 0.717) is 22.6 Å². The quantitative estimate of drug-likeness (QED) is 0.354. The number of carbonyl (C=O) groups excluding carboxylic acids is 1. The Balaban J connectivity index is 2.11. The van der Waals surface area contributed by atoms with Crippen LogP contribution >= 0.6 is 0 Å². The molecule has 0 heterocycles. The topological polar surface area (TPSA) is 95.2 Å².